The van der Waals surface area contributed by atoms with E-state index in [9.17, 15) is 8.42 Å². The maximum atomic E-state index is 12.2. The van der Waals surface area contributed by atoms with Gasteiger partial charge in [-0.25, -0.2) is 18.1 Å². The van der Waals surface area contributed by atoms with E-state index < -0.39 is 10.0 Å². The van der Waals surface area contributed by atoms with Gasteiger partial charge in [0.05, 0.1) is 0 Å². The van der Waals surface area contributed by atoms with Crippen LogP contribution in [-0.4, -0.2) is 31.5 Å². The largest absolute Gasteiger partial charge is 0.349 e. The first-order valence-electron chi connectivity index (χ1n) is 6.89. The van der Waals surface area contributed by atoms with Crippen molar-refractivity contribution in [1.29, 1.82) is 0 Å². The fourth-order valence-corrected chi connectivity index (χ4v) is 4.20. The van der Waals surface area contributed by atoms with Crippen LogP contribution in [0.5, 0.6) is 0 Å². The second kappa shape index (κ2) is 7.69. The molecule has 116 valence electrons. The van der Waals surface area contributed by atoms with Gasteiger partial charge in [-0.15, -0.1) is 11.3 Å². The van der Waals surface area contributed by atoms with E-state index in [0.29, 0.717) is 23.7 Å². The zero-order valence-electron chi connectivity index (χ0n) is 11.9. The Kier molecular flexibility index (Phi) is 5.92. The third-order valence-electron chi connectivity index (χ3n) is 2.84. The average molecular weight is 328 g/mol. The van der Waals surface area contributed by atoms with E-state index in [1.165, 1.54) is 11.3 Å². The number of H-pyrrole nitrogens is 1. The number of thiophene rings is 1. The molecule has 0 fully saturated rings. The summed E-state index contributed by atoms with van der Waals surface area (Å²) < 4.78 is 27.3. The van der Waals surface area contributed by atoms with Gasteiger partial charge in [-0.3, -0.25) is 0 Å². The predicted octanol–water partition coefficient (Wildman–Crippen LogP) is 1.49. The molecule has 0 unspecified atom stereocenters. The molecule has 0 aromatic carbocycles. The second-order valence-electron chi connectivity index (χ2n) is 4.58. The highest BCUT2D eigenvalue weighted by atomic mass is 32.2. The summed E-state index contributed by atoms with van der Waals surface area (Å²) in [5.41, 5.74) is 0. The maximum absolute atomic E-state index is 12.2. The van der Waals surface area contributed by atoms with Gasteiger partial charge in [-0.1, -0.05) is 6.92 Å². The van der Waals surface area contributed by atoms with Gasteiger partial charge in [-0.2, -0.15) is 0 Å². The third-order valence-corrected chi connectivity index (χ3v) is 5.87. The summed E-state index contributed by atoms with van der Waals surface area (Å²) in [5, 5.41) is 3.26. The Hall–Kier alpha value is -1.22. The molecule has 0 radical (unpaired) electrons. The number of nitrogens with one attached hydrogen (secondary N) is 3. The summed E-state index contributed by atoms with van der Waals surface area (Å²) in [6, 6.07) is 3.51. The molecule has 2 aromatic rings. The Labute approximate surface area is 129 Å². The molecule has 0 bridgehead atoms. The lowest BCUT2D eigenvalue weighted by atomic mass is 10.4. The van der Waals surface area contributed by atoms with Crippen molar-refractivity contribution in [3.8, 4) is 0 Å². The minimum absolute atomic E-state index is 0.331. The number of imidazole rings is 1. The van der Waals surface area contributed by atoms with Crippen LogP contribution >= 0.6 is 11.3 Å². The molecule has 21 heavy (non-hydrogen) atoms. The van der Waals surface area contributed by atoms with Crippen LogP contribution in [0.3, 0.4) is 0 Å². The number of hydrogen-bond acceptors (Lipinski definition) is 5. The third kappa shape index (κ3) is 4.92. The van der Waals surface area contributed by atoms with Crippen LogP contribution in [0.1, 0.15) is 24.0 Å². The first kappa shape index (κ1) is 16.2. The molecule has 0 saturated carbocycles. The molecule has 2 aromatic heterocycles. The van der Waals surface area contributed by atoms with Gasteiger partial charge in [-0.05, 0) is 25.1 Å². The lowest BCUT2D eigenvalue weighted by Crippen LogP contribution is -2.25. The van der Waals surface area contributed by atoms with Crippen molar-refractivity contribution < 1.29 is 8.42 Å². The van der Waals surface area contributed by atoms with E-state index in [0.717, 1.165) is 23.7 Å². The number of rotatable bonds is 9. The quantitative estimate of drug-likeness (QED) is 0.609. The summed E-state index contributed by atoms with van der Waals surface area (Å²) in [5.74, 6) is 0.772. The highest BCUT2D eigenvalue weighted by molar-refractivity contribution is 7.91. The highest BCUT2D eigenvalue weighted by Crippen LogP contribution is 2.21. The van der Waals surface area contributed by atoms with Crippen LogP contribution in [0.4, 0.5) is 0 Å². The molecule has 0 aliphatic rings. The van der Waals surface area contributed by atoms with Crippen molar-refractivity contribution in [2.45, 2.75) is 30.5 Å². The summed E-state index contributed by atoms with van der Waals surface area (Å²) >= 11 is 1.30. The Morgan fingerprint density at radius 1 is 1.33 bits per heavy atom. The Bertz CT molecular complexity index is 635. The van der Waals surface area contributed by atoms with Crippen LogP contribution in [0.25, 0.3) is 0 Å². The van der Waals surface area contributed by atoms with E-state index >= 15 is 0 Å². The number of hydrogen-bond donors (Lipinski definition) is 3. The van der Waals surface area contributed by atoms with Crippen molar-refractivity contribution in [3.05, 3.63) is 35.2 Å². The van der Waals surface area contributed by atoms with Gasteiger partial charge in [0.15, 0.2) is 0 Å². The van der Waals surface area contributed by atoms with Crippen LogP contribution in [-0.2, 0) is 23.0 Å². The fourth-order valence-electron chi connectivity index (χ4n) is 1.80. The summed E-state index contributed by atoms with van der Waals surface area (Å²) in [6.07, 6.45) is 4.98. The van der Waals surface area contributed by atoms with Gasteiger partial charge in [0, 0.05) is 36.8 Å². The van der Waals surface area contributed by atoms with Crippen molar-refractivity contribution in [2.75, 3.05) is 13.1 Å². The number of aromatic nitrogens is 2. The number of sulfonamides is 1. The van der Waals surface area contributed by atoms with Gasteiger partial charge in [0.1, 0.15) is 10.0 Å². The first-order chi connectivity index (χ1) is 10.1. The molecule has 2 heterocycles. The van der Waals surface area contributed by atoms with Crippen LogP contribution < -0.4 is 10.0 Å². The maximum Gasteiger partial charge on any atom is 0.250 e. The van der Waals surface area contributed by atoms with E-state index in [-0.39, 0.29) is 0 Å². The lowest BCUT2D eigenvalue weighted by molar-refractivity contribution is 0.583. The van der Waals surface area contributed by atoms with Crippen LogP contribution in [0.15, 0.2) is 28.7 Å². The first-order valence-corrected chi connectivity index (χ1v) is 9.19. The van der Waals surface area contributed by atoms with E-state index in [4.69, 9.17) is 0 Å². The van der Waals surface area contributed by atoms with Gasteiger partial charge in [0.2, 0.25) is 10.0 Å². The summed E-state index contributed by atoms with van der Waals surface area (Å²) in [6.45, 7) is 4.07. The molecule has 0 saturated heterocycles. The molecule has 0 amide bonds. The molecule has 0 atom stereocenters. The molecular formula is C13H20N4O2S2. The van der Waals surface area contributed by atoms with Crippen molar-refractivity contribution in [2.24, 2.45) is 0 Å². The minimum atomic E-state index is -3.42. The van der Waals surface area contributed by atoms with Gasteiger partial charge >= 0.3 is 0 Å². The molecule has 0 aliphatic carbocycles. The molecule has 6 nitrogen and oxygen atoms in total. The topological polar surface area (TPSA) is 86.9 Å². The zero-order valence-corrected chi connectivity index (χ0v) is 13.6. The number of nitrogens with zero attached hydrogens (tertiary/aromatic N) is 1. The molecule has 2 rings (SSSR count). The normalized spacial score (nSPS) is 11.9. The Morgan fingerprint density at radius 3 is 2.90 bits per heavy atom. The fraction of sp³-hybridized carbons (Fsp3) is 0.462. The molecule has 0 spiro atoms. The Morgan fingerprint density at radius 2 is 2.19 bits per heavy atom. The summed E-state index contributed by atoms with van der Waals surface area (Å²) in [7, 11) is -3.42. The predicted molar refractivity (Wildman–Crippen MR) is 83.8 cm³/mol. The Balaban J connectivity index is 1.86. The van der Waals surface area contributed by atoms with E-state index in [2.05, 4.69) is 26.9 Å². The van der Waals surface area contributed by atoms with Gasteiger partial charge in [0.25, 0.3) is 0 Å². The average Bonchev–Trinajstić information content (AvgIpc) is 3.10. The van der Waals surface area contributed by atoms with E-state index in [1.54, 1.807) is 18.5 Å². The monoisotopic (exact) mass is 328 g/mol. The van der Waals surface area contributed by atoms with Gasteiger partial charge < -0.3 is 10.3 Å². The summed E-state index contributed by atoms with van der Waals surface area (Å²) in [4.78, 5) is 8.03. The highest BCUT2D eigenvalue weighted by Gasteiger charge is 2.16. The van der Waals surface area contributed by atoms with Crippen LogP contribution in [0.2, 0.25) is 0 Å². The standard InChI is InChI=1S/C13H20N4O2S2/c1-2-6-14-10-11-3-4-13(20-11)21(18,19)17-7-5-12-15-8-9-16-12/h3-4,8-9,14,17H,2,5-7,10H2,1H3,(H,15,16). The second-order valence-corrected chi connectivity index (χ2v) is 7.74. The molecule has 8 heteroatoms. The zero-order chi connectivity index (χ0) is 15.1. The van der Waals surface area contributed by atoms with E-state index in [1.807, 2.05) is 6.07 Å². The van der Waals surface area contributed by atoms with Crippen molar-refractivity contribution in [1.82, 2.24) is 20.0 Å². The number of aromatic amines is 1. The molecular weight excluding hydrogens is 308 g/mol. The van der Waals surface area contributed by atoms with Crippen LogP contribution in [0, 0.1) is 0 Å². The van der Waals surface area contributed by atoms with Crippen molar-refractivity contribution in [3.63, 3.8) is 0 Å². The lowest BCUT2D eigenvalue weighted by Gasteiger charge is -2.03. The SMILES string of the molecule is CCCNCc1ccc(S(=O)(=O)NCCc2ncc[nH]2)s1. The minimum Gasteiger partial charge on any atom is -0.349 e. The molecule has 3 N–H and O–H groups in total. The smallest absolute Gasteiger partial charge is 0.250 e. The molecule has 0 aliphatic heterocycles. The van der Waals surface area contributed by atoms with Crippen molar-refractivity contribution >= 4 is 21.4 Å².